The molecular formula is C17H26ClN3O4S. The minimum atomic E-state index is -3.65. The smallest absolute Gasteiger partial charge is 0.246 e. The van der Waals surface area contributed by atoms with Crippen molar-refractivity contribution >= 4 is 34.4 Å². The van der Waals surface area contributed by atoms with E-state index in [2.05, 4.69) is 10.0 Å². The third-order valence-corrected chi connectivity index (χ3v) is 5.80. The lowest BCUT2D eigenvalue weighted by molar-refractivity contribution is -0.127. The van der Waals surface area contributed by atoms with Crippen LogP contribution < -0.4 is 14.8 Å². The molecule has 0 atom stereocenters. The van der Waals surface area contributed by atoms with Crippen molar-refractivity contribution in [3.8, 4) is 5.75 Å². The average molecular weight is 404 g/mol. The molecular weight excluding hydrogens is 378 g/mol. The Bertz CT molecular complexity index is 746. The van der Waals surface area contributed by atoms with Crippen LogP contribution in [0.2, 0.25) is 0 Å². The summed E-state index contributed by atoms with van der Waals surface area (Å²) in [5.41, 5.74) is 0.613. The summed E-state index contributed by atoms with van der Waals surface area (Å²) in [5.74, 6) is 0.158. The van der Waals surface area contributed by atoms with E-state index in [4.69, 9.17) is 4.74 Å². The number of sulfonamides is 1. The second-order valence-corrected chi connectivity index (χ2v) is 7.74. The number of amides is 1. The van der Waals surface area contributed by atoms with E-state index < -0.39 is 10.0 Å². The molecule has 1 fully saturated rings. The zero-order valence-electron chi connectivity index (χ0n) is 15.2. The number of carbonyl (C=O) groups excluding carboxylic acids is 1. The van der Waals surface area contributed by atoms with Gasteiger partial charge in [0.25, 0.3) is 0 Å². The SMILES string of the molecule is CNS(=O)(=O)c1cc(/C=C/C(=O)N(C)C2CCNCC2)ccc1OC.Cl. The fourth-order valence-corrected chi connectivity index (χ4v) is 3.70. The number of methoxy groups -OCH3 is 1. The number of rotatable bonds is 6. The molecule has 2 rings (SSSR count). The lowest BCUT2D eigenvalue weighted by atomic mass is 10.1. The van der Waals surface area contributed by atoms with Crippen molar-refractivity contribution < 1.29 is 17.9 Å². The molecule has 146 valence electrons. The standard InChI is InChI=1S/C17H25N3O4S.ClH/c1-18-25(22,23)16-12-13(4-6-15(16)24-3)5-7-17(21)20(2)14-8-10-19-11-9-14;/h4-7,12,14,18-19H,8-11H2,1-3H3;1H/b7-5+;. The van der Waals surface area contributed by atoms with E-state index >= 15 is 0 Å². The normalized spacial score (nSPS) is 15.5. The molecule has 0 aliphatic carbocycles. The number of nitrogens with zero attached hydrogens (tertiary/aromatic N) is 1. The number of hydrogen-bond acceptors (Lipinski definition) is 5. The van der Waals surface area contributed by atoms with Crippen LogP contribution in [0.1, 0.15) is 18.4 Å². The van der Waals surface area contributed by atoms with Crippen LogP contribution in [-0.2, 0) is 14.8 Å². The van der Waals surface area contributed by atoms with E-state index in [9.17, 15) is 13.2 Å². The highest BCUT2D eigenvalue weighted by molar-refractivity contribution is 7.89. The molecule has 0 spiro atoms. The van der Waals surface area contributed by atoms with Crippen molar-refractivity contribution in [1.29, 1.82) is 0 Å². The highest BCUT2D eigenvalue weighted by Gasteiger charge is 2.21. The van der Waals surface area contributed by atoms with Gasteiger partial charge in [0.05, 0.1) is 7.11 Å². The van der Waals surface area contributed by atoms with Gasteiger partial charge in [-0.2, -0.15) is 0 Å². The van der Waals surface area contributed by atoms with Gasteiger partial charge in [-0.1, -0.05) is 6.07 Å². The summed E-state index contributed by atoms with van der Waals surface area (Å²) in [6.45, 7) is 1.82. The van der Waals surface area contributed by atoms with E-state index in [0.717, 1.165) is 25.9 Å². The summed E-state index contributed by atoms with van der Waals surface area (Å²) < 4.78 is 31.6. The predicted octanol–water partition coefficient (Wildman–Crippen LogP) is 1.25. The fourth-order valence-electron chi connectivity index (χ4n) is 2.78. The molecule has 0 saturated carbocycles. The van der Waals surface area contributed by atoms with Crippen molar-refractivity contribution in [2.24, 2.45) is 0 Å². The Labute approximate surface area is 161 Å². The number of hydrogen-bond donors (Lipinski definition) is 2. The van der Waals surface area contributed by atoms with Crippen molar-refractivity contribution in [3.63, 3.8) is 0 Å². The second kappa shape index (κ2) is 9.91. The van der Waals surface area contributed by atoms with Gasteiger partial charge in [0, 0.05) is 19.2 Å². The number of likely N-dealkylation sites (N-methyl/N-ethyl adjacent to an activating group) is 1. The Balaban J connectivity index is 0.00000338. The van der Waals surface area contributed by atoms with Crippen LogP contribution in [0, 0.1) is 0 Å². The number of carbonyl (C=O) groups is 1. The van der Waals surface area contributed by atoms with Gasteiger partial charge in [-0.05, 0) is 56.8 Å². The number of ether oxygens (including phenoxy) is 1. The summed E-state index contributed by atoms with van der Waals surface area (Å²) in [6.07, 6.45) is 4.96. The highest BCUT2D eigenvalue weighted by Crippen LogP contribution is 2.25. The van der Waals surface area contributed by atoms with Gasteiger partial charge < -0.3 is 15.0 Å². The monoisotopic (exact) mass is 403 g/mol. The molecule has 0 aromatic heterocycles. The van der Waals surface area contributed by atoms with Crippen LogP contribution in [0.25, 0.3) is 6.08 Å². The second-order valence-electron chi connectivity index (χ2n) is 5.88. The van der Waals surface area contributed by atoms with Crippen LogP contribution in [0.4, 0.5) is 0 Å². The summed E-state index contributed by atoms with van der Waals surface area (Å²) in [5, 5.41) is 3.27. The lowest BCUT2D eigenvalue weighted by Gasteiger charge is -2.30. The molecule has 7 nitrogen and oxygen atoms in total. The van der Waals surface area contributed by atoms with Crippen LogP contribution in [0.15, 0.2) is 29.2 Å². The largest absolute Gasteiger partial charge is 0.495 e. The number of piperidine rings is 1. The molecule has 1 amide bonds. The summed E-state index contributed by atoms with van der Waals surface area (Å²) in [6, 6.07) is 5.00. The summed E-state index contributed by atoms with van der Waals surface area (Å²) in [7, 11) is 0.908. The van der Waals surface area contributed by atoms with Gasteiger partial charge in [-0.15, -0.1) is 12.4 Å². The summed E-state index contributed by atoms with van der Waals surface area (Å²) >= 11 is 0. The first-order valence-electron chi connectivity index (χ1n) is 8.16. The molecule has 2 N–H and O–H groups in total. The third kappa shape index (κ3) is 5.44. The molecule has 26 heavy (non-hydrogen) atoms. The average Bonchev–Trinajstić information content (AvgIpc) is 2.65. The predicted molar refractivity (Wildman–Crippen MR) is 104 cm³/mol. The molecule has 1 heterocycles. The van der Waals surface area contributed by atoms with Crippen molar-refractivity contribution in [1.82, 2.24) is 14.9 Å². The molecule has 1 aromatic carbocycles. The Morgan fingerprint density at radius 3 is 2.58 bits per heavy atom. The first kappa shape index (κ1) is 22.4. The maximum Gasteiger partial charge on any atom is 0.246 e. The van der Waals surface area contributed by atoms with E-state index in [-0.39, 0.29) is 35.0 Å². The van der Waals surface area contributed by atoms with Crippen LogP contribution >= 0.6 is 12.4 Å². The lowest BCUT2D eigenvalue weighted by Crippen LogP contribution is -2.43. The van der Waals surface area contributed by atoms with Gasteiger partial charge in [-0.25, -0.2) is 13.1 Å². The molecule has 1 aliphatic heterocycles. The van der Waals surface area contributed by atoms with E-state index in [0.29, 0.717) is 5.56 Å². The quantitative estimate of drug-likeness (QED) is 0.698. The van der Waals surface area contributed by atoms with Crippen molar-refractivity contribution in [3.05, 3.63) is 29.8 Å². The minimum Gasteiger partial charge on any atom is -0.495 e. The zero-order chi connectivity index (χ0) is 18.4. The molecule has 0 unspecified atom stereocenters. The summed E-state index contributed by atoms with van der Waals surface area (Å²) in [4.78, 5) is 14.1. The number of nitrogens with one attached hydrogen (secondary N) is 2. The number of benzene rings is 1. The van der Waals surface area contributed by atoms with Gasteiger partial charge in [0.2, 0.25) is 15.9 Å². The first-order valence-corrected chi connectivity index (χ1v) is 9.64. The number of halogens is 1. The topological polar surface area (TPSA) is 87.7 Å². The van der Waals surface area contributed by atoms with Crippen molar-refractivity contribution in [2.45, 2.75) is 23.8 Å². The molecule has 1 aromatic rings. The molecule has 9 heteroatoms. The Hall–Kier alpha value is -1.61. The van der Waals surface area contributed by atoms with E-state index in [1.54, 1.807) is 30.2 Å². The fraction of sp³-hybridized carbons (Fsp3) is 0.471. The molecule has 1 aliphatic rings. The van der Waals surface area contributed by atoms with Gasteiger partial charge in [0.15, 0.2) is 0 Å². The van der Waals surface area contributed by atoms with Gasteiger partial charge in [-0.3, -0.25) is 4.79 Å². The molecule has 0 bridgehead atoms. The van der Waals surface area contributed by atoms with Crippen LogP contribution in [-0.4, -0.2) is 59.6 Å². The third-order valence-electron chi connectivity index (χ3n) is 4.37. The maximum absolute atomic E-state index is 12.3. The van der Waals surface area contributed by atoms with Crippen LogP contribution in [0.3, 0.4) is 0 Å². The Morgan fingerprint density at radius 1 is 1.35 bits per heavy atom. The van der Waals surface area contributed by atoms with Gasteiger partial charge in [0.1, 0.15) is 10.6 Å². The first-order chi connectivity index (χ1) is 11.9. The zero-order valence-corrected chi connectivity index (χ0v) is 16.8. The maximum atomic E-state index is 12.3. The van der Waals surface area contributed by atoms with Crippen molar-refractivity contribution in [2.75, 3.05) is 34.3 Å². The molecule has 1 saturated heterocycles. The van der Waals surface area contributed by atoms with E-state index in [1.807, 2.05) is 0 Å². The van der Waals surface area contributed by atoms with Gasteiger partial charge >= 0.3 is 0 Å². The highest BCUT2D eigenvalue weighted by atomic mass is 35.5. The Morgan fingerprint density at radius 2 is 2.00 bits per heavy atom. The van der Waals surface area contributed by atoms with Crippen LogP contribution in [0.5, 0.6) is 5.75 Å². The molecule has 0 radical (unpaired) electrons. The Kier molecular flexibility index (Phi) is 8.55. The minimum absolute atomic E-state index is 0. The van der Waals surface area contributed by atoms with E-state index in [1.165, 1.54) is 26.3 Å².